The Bertz CT molecular complexity index is 1570. The quantitative estimate of drug-likeness (QED) is 0.140. The second-order valence-electron chi connectivity index (χ2n) is 10.6. The summed E-state index contributed by atoms with van der Waals surface area (Å²) in [5, 5.41) is 18.7. The smallest absolute Gasteiger partial charge is 0.329 e. The van der Waals surface area contributed by atoms with E-state index >= 15 is 0 Å². The molecule has 0 spiro atoms. The molecule has 1 heterocycles. The van der Waals surface area contributed by atoms with Crippen molar-refractivity contribution in [3.8, 4) is 17.6 Å². The van der Waals surface area contributed by atoms with Crippen molar-refractivity contribution in [1.29, 1.82) is 5.26 Å². The molecule has 1 atom stereocenters. The summed E-state index contributed by atoms with van der Waals surface area (Å²) in [6.07, 6.45) is 6.37. The number of sulfonamides is 1. The Kier molecular flexibility index (Phi) is 15.0. The topological polar surface area (TPSA) is 170 Å². The van der Waals surface area contributed by atoms with E-state index < -0.39 is 16.0 Å². The summed E-state index contributed by atoms with van der Waals surface area (Å²) in [7, 11) is -3.48. The molecule has 46 heavy (non-hydrogen) atoms. The molecule has 0 saturated carbocycles. The van der Waals surface area contributed by atoms with Gasteiger partial charge in [0.2, 0.25) is 16.0 Å². The predicted octanol–water partition coefficient (Wildman–Crippen LogP) is 5.36. The van der Waals surface area contributed by atoms with Crippen molar-refractivity contribution in [3.05, 3.63) is 76.1 Å². The third-order valence-electron chi connectivity index (χ3n) is 6.58. The fourth-order valence-electron chi connectivity index (χ4n) is 4.35. The van der Waals surface area contributed by atoms with Crippen molar-refractivity contribution in [2.75, 3.05) is 44.0 Å². The van der Waals surface area contributed by atoms with E-state index in [1.807, 2.05) is 36.4 Å². The Hall–Kier alpha value is -3.96. The highest BCUT2D eigenvalue weighted by Gasteiger charge is 2.16. The van der Waals surface area contributed by atoms with Crippen molar-refractivity contribution in [2.24, 2.45) is 0 Å². The van der Waals surface area contributed by atoms with Crippen molar-refractivity contribution in [1.82, 2.24) is 9.97 Å². The Morgan fingerprint density at radius 3 is 2.46 bits per heavy atom. The van der Waals surface area contributed by atoms with Crippen LogP contribution in [-0.4, -0.2) is 68.8 Å². The minimum atomic E-state index is -3.48. The standard InChI is InChI=1S/C32H39ClN4O8S/c1-23(17-24-7-9-28(10-8-24)45-21-27-11-12-35-32(36-27)37-46(2,40)41)25-18-26(20-34)31(29(33)19-25)44-16-5-3-4-13-42-14-6-15-43-22-30(38)39/h7-12,18-19,23H,3-6,13-17,21-22H2,1-2H3,(H,38,39)(H,35,36,37). The molecule has 2 aromatic carbocycles. The van der Waals surface area contributed by atoms with Crippen LogP contribution in [0.4, 0.5) is 5.95 Å². The number of unbranched alkanes of at least 4 members (excludes halogenated alkanes) is 2. The molecule has 0 radical (unpaired) electrons. The number of aliphatic carboxylic acids is 1. The average molecular weight is 675 g/mol. The Labute approximate surface area is 274 Å². The van der Waals surface area contributed by atoms with E-state index in [1.54, 1.807) is 6.07 Å². The summed E-state index contributed by atoms with van der Waals surface area (Å²) in [6.45, 7) is 3.82. The highest BCUT2D eigenvalue weighted by atomic mass is 35.5. The van der Waals surface area contributed by atoms with Gasteiger partial charge in [0.05, 0.1) is 29.1 Å². The van der Waals surface area contributed by atoms with Crippen molar-refractivity contribution in [2.45, 2.75) is 51.6 Å². The lowest BCUT2D eigenvalue weighted by atomic mass is 9.92. The largest absolute Gasteiger partial charge is 0.491 e. The first-order valence-electron chi connectivity index (χ1n) is 14.8. The minimum Gasteiger partial charge on any atom is -0.491 e. The van der Waals surface area contributed by atoms with Crippen molar-refractivity contribution in [3.63, 3.8) is 0 Å². The molecule has 3 rings (SSSR count). The number of carboxylic acids is 1. The van der Waals surface area contributed by atoms with Crippen LogP contribution < -0.4 is 14.2 Å². The molecule has 0 aliphatic carbocycles. The monoisotopic (exact) mass is 674 g/mol. The molecular formula is C32H39ClN4O8S. The molecule has 0 fully saturated rings. The van der Waals surface area contributed by atoms with E-state index in [2.05, 4.69) is 27.7 Å². The van der Waals surface area contributed by atoms with Gasteiger partial charge in [-0.05, 0) is 79.5 Å². The van der Waals surface area contributed by atoms with Crippen molar-refractivity contribution >= 4 is 33.5 Å². The molecule has 0 amide bonds. The van der Waals surface area contributed by atoms with Gasteiger partial charge in [0.1, 0.15) is 25.0 Å². The van der Waals surface area contributed by atoms with Gasteiger partial charge in [0.15, 0.2) is 5.75 Å². The first-order chi connectivity index (χ1) is 22.0. The van der Waals surface area contributed by atoms with Gasteiger partial charge in [0, 0.05) is 26.0 Å². The second-order valence-corrected chi connectivity index (χ2v) is 12.8. The van der Waals surface area contributed by atoms with Gasteiger partial charge < -0.3 is 24.1 Å². The molecule has 0 aliphatic heterocycles. The van der Waals surface area contributed by atoms with E-state index in [4.69, 9.17) is 35.7 Å². The third-order valence-corrected chi connectivity index (χ3v) is 7.41. The number of anilines is 1. The number of hydrogen-bond donors (Lipinski definition) is 2. The number of carbonyl (C=O) groups is 1. The van der Waals surface area contributed by atoms with Crippen LogP contribution in [-0.2, 0) is 37.3 Å². The Morgan fingerprint density at radius 1 is 1.02 bits per heavy atom. The normalized spacial score (nSPS) is 11.9. The molecule has 12 nitrogen and oxygen atoms in total. The summed E-state index contributed by atoms with van der Waals surface area (Å²) in [4.78, 5) is 18.4. The molecule has 1 aromatic heterocycles. The first-order valence-corrected chi connectivity index (χ1v) is 17.1. The molecule has 14 heteroatoms. The van der Waals surface area contributed by atoms with E-state index in [9.17, 15) is 18.5 Å². The maximum absolute atomic E-state index is 11.4. The van der Waals surface area contributed by atoms with Gasteiger partial charge in [-0.15, -0.1) is 0 Å². The Morgan fingerprint density at radius 2 is 1.74 bits per heavy atom. The zero-order valence-electron chi connectivity index (χ0n) is 25.9. The van der Waals surface area contributed by atoms with Crippen LogP contribution >= 0.6 is 11.6 Å². The minimum absolute atomic E-state index is 0.0124. The highest BCUT2D eigenvalue weighted by molar-refractivity contribution is 7.91. The van der Waals surface area contributed by atoms with Gasteiger partial charge >= 0.3 is 5.97 Å². The number of nitrogens with one attached hydrogen (secondary N) is 1. The molecule has 0 bridgehead atoms. The van der Waals surface area contributed by atoms with Gasteiger partial charge in [-0.25, -0.2) is 23.2 Å². The van der Waals surface area contributed by atoms with Gasteiger partial charge in [0.25, 0.3) is 0 Å². The van der Waals surface area contributed by atoms with Gasteiger partial charge in [-0.2, -0.15) is 5.26 Å². The summed E-state index contributed by atoms with van der Waals surface area (Å²) < 4.78 is 47.2. The lowest BCUT2D eigenvalue weighted by Gasteiger charge is -2.16. The fraction of sp³-hybridized carbons (Fsp3) is 0.438. The van der Waals surface area contributed by atoms with Crippen LogP contribution in [0.5, 0.6) is 11.5 Å². The number of aromatic nitrogens is 2. The van der Waals surface area contributed by atoms with Crippen molar-refractivity contribution < 1.29 is 37.3 Å². The molecule has 0 aliphatic rings. The number of nitrogens with zero attached hydrogens (tertiary/aromatic N) is 3. The maximum atomic E-state index is 11.4. The number of halogens is 1. The van der Waals surface area contributed by atoms with Crippen LogP contribution in [0.15, 0.2) is 48.7 Å². The third kappa shape index (κ3) is 13.6. The number of carboxylic acid groups (broad SMARTS) is 1. The molecule has 0 saturated heterocycles. The molecule has 3 aromatic rings. The number of nitriles is 1. The average Bonchev–Trinajstić information content (AvgIpc) is 3.00. The number of rotatable bonds is 21. The van der Waals surface area contributed by atoms with E-state index in [0.717, 1.165) is 36.6 Å². The predicted molar refractivity (Wildman–Crippen MR) is 173 cm³/mol. The molecule has 2 N–H and O–H groups in total. The molecular weight excluding hydrogens is 636 g/mol. The lowest BCUT2D eigenvalue weighted by molar-refractivity contribution is -0.142. The van der Waals surface area contributed by atoms with Crippen LogP contribution in [0.2, 0.25) is 5.02 Å². The van der Waals surface area contributed by atoms with Crippen LogP contribution in [0.1, 0.15) is 60.9 Å². The van der Waals surface area contributed by atoms with E-state index in [1.165, 1.54) is 6.20 Å². The highest BCUT2D eigenvalue weighted by Crippen LogP contribution is 2.34. The van der Waals surface area contributed by atoms with Crippen LogP contribution in [0.3, 0.4) is 0 Å². The second kappa shape index (κ2) is 18.9. The van der Waals surface area contributed by atoms with Crippen LogP contribution in [0.25, 0.3) is 0 Å². The summed E-state index contributed by atoms with van der Waals surface area (Å²) in [5.74, 6) is 0.113. The van der Waals surface area contributed by atoms with E-state index in [0.29, 0.717) is 67.0 Å². The number of benzene rings is 2. The van der Waals surface area contributed by atoms with Crippen LogP contribution in [0, 0.1) is 11.3 Å². The lowest BCUT2D eigenvalue weighted by Crippen LogP contribution is -2.13. The number of hydrogen-bond acceptors (Lipinski definition) is 10. The van der Waals surface area contributed by atoms with Gasteiger partial charge in [-0.1, -0.05) is 30.7 Å². The number of ether oxygens (including phenoxy) is 4. The SMILES string of the molecule is CC(Cc1ccc(OCc2ccnc(NS(C)(=O)=O)n2)cc1)c1cc(Cl)c(OCCCCCOCCCOCC(=O)O)c(C#N)c1. The Balaban J connectivity index is 1.42. The summed E-state index contributed by atoms with van der Waals surface area (Å²) in [6, 6.07) is 15.2. The first kappa shape index (κ1) is 36.5. The molecule has 1 unspecified atom stereocenters. The molecule has 248 valence electrons. The fourth-order valence-corrected chi connectivity index (χ4v) is 5.06. The van der Waals surface area contributed by atoms with E-state index in [-0.39, 0.29) is 25.1 Å². The zero-order valence-corrected chi connectivity index (χ0v) is 27.5. The summed E-state index contributed by atoms with van der Waals surface area (Å²) in [5.41, 5.74) is 2.93. The zero-order chi connectivity index (χ0) is 33.4. The maximum Gasteiger partial charge on any atom is 0.329 e. The summed E-state index contributed by atoms with van der Waals surface area (Å²) >= 11 is 6.56. The van der Waals surface area contributed by atoms with Gasteiger partial charge in [-0.3, -0.25) is 4.72 Å².